The Bertz CT molecular complexity index is 988. The quantitative estimate of drug-likeness (QED) is 0.309. The van der Waals surface area contributed by atoms with E-state index in [1.165, 1.54) is 23.1 Å². The minimum atomic E-state index is -0.356. The monoisotopic (exact) mass is 466 g/mol. The molecule has 9 nitrogen and oxygen atoms in total. The summed E-state index contributed by atoms with van der Waals surface area (Å²) in [5, 5.41) is 14.6. The maximum atomic E-state index is 12.5. The molecular weight excluding hydrogens is 440 g/mol. The van der Waals surface area contributed by atoms with E-state index in [4.69, 9.17) is 9.84 Å². The standard InChI is InChI=1S/C20H26N4O5S2/c1-2-29-17(27)10-13-11-31-19(21-13)22-16(26)12-30-18-14-6-3-4-7-15(14)24(8-5-9-25)20(28)23-18/h11,25H,2-10,12H2,1H3,(H,21,22,26). The number of thioether (sulfide) groups is 1. The molecule has 11 heteroatoms. The van der Waals surface area contributed by atoms with Crippen molar-refractivity contribution in [1.29, 1.82) is 0 Å². The first-order chi connectivity index (χ1) is 15.0. The van der Waals surface area contributed by atoms with Crippen LogP contribution in [0, 0.1) is 0 Å². The number of hydrogen-bond acceptors (Lipinski definition) is 9. The van der Waals surface area contributed by atoms with Crippen molar-refractivity contribution in [3.63, 3.8) is 0 Å². The number of carbonyl (C=O) groups excluding carboxylic acids is 2. The van der Waals surface area contributed by atoms with Crippen LogP contribution in [-0.2, 0) is 40.1 Å². The number of nitrogens with one attached hydrogen (secondary N) is 1. The van der Waals surface area contributed by atoms with Crippen LogP contribution in [0.25, 0.3) is 0 Å². The molecule has 2 aromatic heterocycles. The van der Waals surface area contributed by atoms with Crippen molar-refractivity contribution < 1.29 is 19.4 Å². The van der Waals surface area contributed by atoms with Crippen LogP contribution in [0.3, 0.4) is 0 Å². The van der Waals surface area contributed by atoms with Gasteiger partial charge in [0.2, 0.25) is 5.91 Å². The van der Waals surface area contributed by atoms with Crippen molar-refractivity contribution in [2.24, 2.45) is 0 Å². The van der Waals surface area contributed by atoms with Gasteiger partial charge < -0.3 is 15.2 Å². The van der Waals surface area contributed by atoms with Crippen molar-refractivity contribution in [3.8, 4) is 0 Å². The maximum Gasteiger partial charge on any atom is 0.348 e. The Morgan fingerprint density at radius 1 is 1.32 bits per heavy atom. The van der Waals surface area contributed by atoms with Gasteiger partial charge in [-0.05, 0) is 39.0 Å². The zero-order valence-electron chi connectivity index (χ0n) is 17.4. The lowest BCUT2D eigenvalue weighted by molar-refractivity contribution is -0.142. The van der Waals surface area contributed by atoms with E-state index in [-0.39, 0.29) is 36.3 Å². The number of rotatable bonds is 10. The number of anilines is 1. The van der Waals surface area contributed by atoms with Crippen LogP contribution >= 0.6 is 23.1 Å². The number of ether oxygens (including phenoxy) is 1. The number of aliphatic hydroxyl groups excluding tert-OH is 1. The molecule has 1 aliphatic rings. The third-order valence-corrected chi connectivity index (χ3v) is 6.58. The van der Waals surface area contributed by atoms with E-state index in [1.54, 1.807) is 16.9 Å². The second-order valence-electron chi connectivity index (χ2n) is 7.02. The van der Waals surface area contributed by atoms with Gasteiger partial charge in [0.15, 0.2) is 5.13 Å². The topological polar surface area (TPSA) is 123 Å². The Hall–Kier alpha value is -2.24. The second kappa shape index (κ2) is 11.4. The molecule has 0 saturated heterocycles. The molecule has 0 aliphatic heterocycles. The summed E-state index contributed by atoms with van der Waals surface area (Å²) in [5.41, 5.74) is 2.23. The Labute approximate surface area is 188 Å². The van der Waals surface area contributed by atoms with E-state index in [0.717, 1.165) is 36.9 Å². The van der Waals surface area contributed by atoms with Gasteiger partial charge in [0.1, 0.15) is 5.03 Å². The maximum absolute atomic E-state index is 12.5. The fourth-order valence-corrected chi connectivity index (χ4v) is 5.02. The number of aromatic nitrogens is 3. The summed E-state index contributed by atoms with van der Waals surface area (Å²) in [6.45, 7) is 2.53. The lowest BCUT2D eigenvalue weighted by Crippen LogP contribution is -2.30. The van der Waals surface area contributed by atoms with Gasteiger partial charge >= 0.3 is 11.7 Å². The lowest BCUT2D eigenvalue weighted by atomic mass is 9.97. The van der Waals surface area contributed by atoms with E-state index in [1.807, 2.05) is 0 Å². The van der Waals surface area contributed by atoms with Crippen LogP contribution in [0.5, 0.6) is 0 Å². The highest BCUT2D eigenvalue weighted by atomic mass is 32.2. The average molecular weight is 467 g/mol. The number of fused-ring (bicyclic) bond motifs is 1. The molecule has 0 saturated carbocycles. The number of carbonyl (C=O) groups is 2. The molecular formula is C20H26N4O5S2. The Balaban J connectivity index is 1.63. The highest BCUT2D eigenvalue weighted by Crippen LogP contribution is 2.28. The van der Waals surface area contributed by atoms with Gasteiger partial charge in [0, 0.05) is 29.8 Å². The summed E-state index contributed by atoms with van der Waals surface area (Å²) >= 11 is 2.50. The lowest BCUT2D eigenvalue weighted by Gasteiger charge is -2.22. The first-order valence-electron chi connectivity index (χ1n) is 10.3. The minimum absolute atomic E-state index is 0.0240. The number of hydrogen-bond donors (Lipinski definition) is 2. The number of amides is 1. The molecule has 2 N–H and O–H groups in total. The smallest absolute Gasteiger partial charge is 0.348 e. The van der Waals surface area contributed by atoms with Crippen LogP contribution < -0.4 is 11.0 Å². The molecule has 0 atom stereocenters. The Morgan fingerprint density at radius 2 is 2.13 bits per heavy atom. The van der Waals surface area contributed by atoms with Crippen LogP contribution in [0.2, 0.25) is 0 Å². The summed E-state index contributed by atoms with van der Waals surface area (Å²) < 4.78 is 6.56. The summed E-state index contributed by atoms with van der Waals surface area (Å²) in [6, 6.07) is 0. The molecule has 31 heavy (non-hydrogen) atoms. The van der Waals surface area contributed by atoms with Crippen LogP contribution in [-0.4, -0.2) is 50.5 Å². The van der Waals surface area contributed by atoms with Crippen molar-refractivity contribution >= 4 is 40.1 Å². The number of nitrogens with zero attached hydrogens (tertiary/aromatic N) is 3. The SMILES string of the molecule is CCOC(=O)Cc1csc(NC(=O)CSc2nc(=O)n(CCCO)c3c2CCCC3)n1. The molecule has 168 valence electrons. The van der Waals surface area contributed by atoms with E-state index in [0.29, 0.717) is 35.4 Å². The number of aliphatic hydroxyl groups is 1. The van der Waals surface area contributed by atoms with E-state index in [2.05, 4.69) is 15.3 Å². The van der Waals surface area contributed by atoms with Gasteiger partial charge in [0.05, 0.1) is 24.5 Å². The van der Waals surface area contributed by atoms with Gasteiger partial charge in [0.25, 0.3) is 0 Å². The third kappa shape index (κ3) is 6.37. The molecule has 3 rings (SSSR count). The highest BCUT2D eigenvalue weighted by Gasteiger charge is 2.21. The van der Waals surface area contributed by atoms with Crippen molar-refractivity contribution in [2.45, 2.75) is 57.0 Å². The number of esters is 1. The predicted octanol–water partition coefficient (Wildman–Crippen LogP) is 1.80. The zero-order valence-corrected chi connectivity index (χ0v) is 19.0. The molecule has 2 heterocycles. The molecule has 0 radical (unpaired) electrons. The fourth-order valence-electron chi connectivity index (χ4n) is 3.42. The van der Waals surface area contributed by atoms with E-state index < -0.39 is 0 Å². The van der Waals surface area contributed by atoms with Gasteiger partial charge in [-0.15, -0.1) is 11.3 Å². The molecule has 2 aromatic rings. The van der Waals surface area contributed by atoms with Gasteiger partial charge in [-0.1, -0.05) is 11.8 Å². The molecule has 0 unspecified atom stereocenters. The molecule has 0 spiro atoms. The molecule has 0 fully saturated rings. The first kappa shape index (κ1) is 23.4. The summed E-state index contributed by atoms with van der Waals surface area (Å²) in [7, 11) is 0. The van der Waals surface area contributed by atoms with Crippen LogP contribution in [0.4, 0.5) is 5.13 Å². The van der Waals surface area contributed by atoms with Crippen molar-refractivity contribution in [3.05, 3.63) is 32.8 Å². The number of thiazole rings is 1. The van der Waals surface area contributed by atoms with Gasteiger partial charge in [-0.25, -0.2) is 9.78 Å². The fraction of sp³-hybridized carbons (Fsp3) is 0.550. The minimum Gasteiger partial charge on any atom is -0.466 e. The Kier molecular flexibility index (Phi) is 8.61. The molecule has 0 aromatic carbocycles. The van der Waals surface area contributed by atoms with Crippen LogP contribution in [0.15, 0.2) is 15.2 Å². The van der Waals surface area contributed by atoms with Gasteiger partial charge in [-0.2, -0.15) is 4.98 Å². The third-order valence-electron chi connectivity index (χ3n) is 4.76. The Morgan fingerprint density at radius 3 is 2.90 bits per heavy atom. The average Bonchev–Trinajstić information content (AvgIpc) is 3.18. The van der Waals surface area contributed by atoms with Crippen molar-refractivity contribution in [2.75, 3.05) is 24.3 Å². The van der Waals surface area contributed by atoms with Gasteiger partial charge in [-0.3, -0.25) is 14.2 Å². The molecule has 0 bridgehead atoms. The van der Waals surface area contributed by atoms with Crippen molar-refractivity contribution in [1.82, 2.24) is 14.5 Å². The summed E-state index contributed by atoms with van der Waals surface area (Å²) in [5.74, 6) is -0.504. The van der Waals surface area contributed by atoms with Crippen LogP contribution in [0.1, 0.15) is 43.1 Å². The largest absolute Gasteiger partial charge is 0.466 e. The zero-order chi connectivity index (χ0) is 22.2. The summed E-state index contributed by atoms with van der Waals surface area (Å²) in [6.07, 6.45) is 4.25. The molecule has 1 aliphatic carbocycles. The second-order valence-corrected chi connectivity index (χ2v) is 8.85. The normalized spacial score (nSPS) is 13.0. The highest BCUT2D eigenvalue weighted by molar-refractivity contribution is 8.00. The first-order valence-corrected chi connectivity index (χ1v) is 12.1. The molecule has 1 amide bonds. The van der Waals surface area contributed by atoms with E-state index in [9.17, 15) is 14.4 Å². The van der Waals surface area contributed by atoms with E-state index >= 15 is 0 Å². The summed E-state index contributed by atoms with van der Waals surface area (Å²) in [4.78, 5) is 44.9. The predicted molar refractivity (Wildman–Crippen MR) is 119 cm³/mol.